The van der Waals surface area contributed by atoms with Gasteiger partial charge in [0.05, 0.1) is 7.11 Å². The molecular weight excluding hydrogens is 260 g/mol. The topological polar surface area (TPSA) is 29.5 Å². The van der Waals surface area contributed by atoms with Gasteiger partial charge in [-0.25, -0.2) is 0 Å². The molecule has 0 heterocycles. The molecule has 1 N–H and O–H groups in total. The summed E-state index contributed by atoms with van der Waals surface area (Å²) < 4.78 is 5.37. The fourth-order valence-electron chi connectivity index (χ4n) is 2.94. The van der Waals surface area contributed by atoms with Crippen molar-refractivity contribution in [3.8, 4) is 5.75 Å². The molecule has 0 aliphatic heterocycles. The Kier molecular flexibility index (Phi) is 3.98. The van der Waals surface area contributed by atoms with Crippen molar-refractivity contribution >= 4 is 0 Å². The van der Waals surface area contributed by atoms with Gasteiger partial charge in [-0.15, -0.1) is 0 Å². The number of aliphatic hydroxyl groups excluding tert-OH is 1. The Bertz CT molecular complexity index is 612. The molecule has 1 unspecified atom stereocenters. The van der Waals surface area contributed by atoms with Crippen molar-refractivity contribution in [1.29, 1.82) is 0 Å². The Balaban J connectivity index is 1.87. The lowest BCUT2D eigenvalue weighted by Gasteiger charge is -2.26. The zero-order valence-corrected chi connectivity index (χ0v) is 12.7. The van der Waals surface area contributed by atoms with Crippen molar-refractivity contribution < 1.29 is 9.84 Å². The molecule has 110 valence electrons. The maximum absolute atomic E-state index is 10.6. The minimum absolute atomic E-state index is 0.643. The van der Waals surface area contributed by atoms with Gasteiger partial charge in [-0.2, -0.15) is 0 Å². The van der Waals surface area contributed by atoms with E-state index in [1.165, 1.54) is 24.8 Å². The summed E-state index contributed by atoms with van der Waals surface area (Å²) in [6, 6.07) is 14.3. The van der Waals surface area contributed by atoms with Crippen LogP contribution in [0.1, 0.15) is 53.5 Å². The number of hydrogen-bond acceptors (Lipinski definition) is 2. The minimum Gasteiger partial charge on any atom is -0.496 e. The summed E-state index contributed by atoms with van der Waals surface area (Å²) in [4.78, 5) is 0. The second-order valence-corrected chi connectivity index (χ2v) is 5.94. The number of hydrogen-bond donors (Lipinski definition) is 1. The van der Waals surface area contributed by atoms with E-state index in [9.17, 15) is 5.11 Å². The zero-order chi connectivity index (χ0) is 14.8. The average Bonchev–Trinajstić information content (AvgIpc) is 2.45. The monoisotopic (exact) mass is 282 g/mol. The molecule has 0 aromatic heterocycles. The van der Waals surface area contributed by atoms with Crippen LogP contribution in [0, 0.1) is 6.92 Å². The molecule has 2 nitrogen and oxygen atoms in total. The van der Waals surface area contributed by atoms with Gasteiger partial charge in [0.2, 0.25) is 0 Å². The van der Waals surface area contributed by atoms with Gasteiger partial charge in [-0.05, 0) is 48.9 Å². The van der Waals surface area contributed by atoms with Crippen molar-refractivity contribution in [3.05, 3.63) is 64.7 Å². The molecule has 0 spiro atoms. The lowest BCUT2D eigenvalue weighted by molar-refractivity contribution is 0.214. The number of benzene rings is 2. The van der Waals surface area contributed by atoms with Gasteiger partial charge in [0.15, 0.2) is 0 Å². The van der Waals surface area contributed by atoms with Gasteiger partial charge >= 0.3 is 0 Å². The fourth-order valence-corrected chi connectivity index (χ4v) is 2.94. The maximum atomic E-state index is 10.6. The summed E-state index contributed by atoms with van der Waals surface area (Å²) >= 11 is 0. The average molecular weight is 282 g/mol. The Morgan fingerprint density at radius 3 is 2.38 bits per heavy atom. The molecule has 1 aliphatic rings. The first-order valence-electron chi connectivity index (χ1n) is 7.61. The lowest BCUT2D eigenvalue weighted by atomic mass is 9.80. The van der Waals surface area contributed by atoms with Crippen LogP contribution in [0.3, 0.4) is 0 Å². The van der Waals surface area contributed by atoms with Crippen LogP contribution in [0.4, 0.5) is 0 Å². The van der Waals surface area contributed by atoms with Crippen molar-refractivity contribution in [2.75, 3.05) is 7.11 Å². The first-order chi connectivity index (χ1) is 10.2. The van der Waals surface area contributed by atoms with Crippen molar-refractivity contribution in [1.82, 2.24) is 0 Å². The van der Waals surface area contributed by atoms with Gasteiger partial charge in [-0.3, -0.25) is 0 Å². The van der Waals surface area contributed by atoms with Crippen molar-refractivity contribution in [3.63, 3.8) is 0 Å². The first-order valence-corrected chi connectivity index (χ1v) is 7.61. The molecule has 1 fully saturated rings. The van der Waals surface area contributed by atoms with E-state index < -0.39 is 6.10 Å². The molecule has 0 amide bonds. The smallest absolute Gasteiger partial charge is 0.125 e. The van der Waals surface area contributed by atoms with Gasteiger partial charge < -0.3 is 9.84 Å². The quantitative estimate of drug-likeness (QED) is 0.903. The highest BCUT2D eigenvalue weighted by Gasteiger charge is 2.20. The molecule has 2 aromatic rings. The number of aryl methyl sites for hydroxylation is 1. The van der Waals surface area contributed by atoms with E-state index in [0.29, 0.717) is 0 Å². The molecule has 0 radical (unpaired) electrons. The fraction of sp³-hybridized carbons (Fsp3) is 0.368. The van der Waals surface area contributed by atoms with Crippen LogP contribution in [0.25, 0.3) is 0 Å². The molecule has 1 saturated carbocycles. The highest BCUT2D eigenvalue weighted by atomic mass is 16.5. The van der Waals surface area contributed by atoms with Crippen LogP contribution in [0.5, 0.6) is 5.75 Å². The Morgan fingerprint density at radius 2 is 1.81 bits per heavy atom. The van der Waals surface area contributed by atoms with Gasteiger partial charge in [-0.1, -0.05) is 42.3 Å². The predicted octanol–water partition coefficient (Wildman–Crippen LogP) is 4.35. The van der Waals surface area contributed by atoms with E-state index in [0.717, 1.165) is 28.4 Å². The summed E-state index contributed by atoms with van der Waals surface area (Å²) in [5.41, 5.74) is 4.26. The standard InChI is InChI=1S/C19H22O2/c1-13-6-11-18(21-2)17(12-13)19(20)16-9-7-15(8-10-16)14-4-3-5-14/h6-12,14,19-20H,3-5H2,1-2H3. The van der Waals surface area contributed by atoms with E-state index in [1.54, 1.807) is 7.11 Å². The molecule has 2 aromatic carbocycles. The molecule has 0 saturated heterocycles. The number of aliphatic hydroxyl groups is 1. The summed E-state index contributed by atoms with van der Waals surface area (Å²) in [6.07, 6.45) is 3.30. The van der Waals surface area contributed by atoms with Crippen LogP contribution < -0.4 is 4.74 Å². The Labute approximate surface area is 126 Å². The van der Waals surface area contributed by atoms with Crippen LogP contribution >= 0.6 is 0 Å². The first kappa shape index (κ1) is 14.2. The van der Waals surface area contributed by atoms with Crippen LogP contribution in [-0.4, -0.2) is 12.2 Å². The number of rotatable bonds is 4. The minimum atomic E-state index is -0.643. The third kappa shape index (κ3) is 2.81. The Morgan fingerprint density at radius 1 is 1.10 bits per heavy atom. The highest BCUT2D eigenvalue weighted by molar-refractivity contribution is 5.43. The van der Waals surface area contributed by atoms with Gasteiger partial charge in [0.25, 0.3) is 0 Å². The van der Waals surface area contributed by atoms with E-state index in [2.05, 4.69) is 12.1 Å². The van der Waals surface area contributed by atoms with E-state index in [1.807, 2.05) is 37.3 Å². The molecule has 3 rings (SSSR count). The van der Waals surface area contributed by atoms with Gasteiger partial charge in [0.1, 0.15) is 11.9 Å². The number of ether oxygens (including phenoxy) is 1. The summed E-state index contributed by atoms with van der Waals surface area (Å²) in [5.74, 6) is 1.46. The second kappa shape index (κ2) is 5.90. The van der Waals surface area contributed by atoms with Crippen LogP contribution in [0.2, 0.25) is 0 Å². The molecule has 0 bridgehead atoms. The third-order valence-electron chi connectivity index (χ3n) is 4.51. The van der Waals surface area contributed by atoms with Crippen LogP contribution in [0.15, 0.2) is 42.5 Å². The molecular formula is C19H22O2. The van der Waals surface area contributed by atoms with Gasteiger partial charge in [0, 0.05) is 5.56 Å². The summed E-state index contributed by atoms with van der Waals surface area (Å²) in [7, 11) is 1.64. The molecule has 21 heavy (non-hydrogen) atoms. The Hall–Kier alpha value is -1.80. The zero-order valence-electron chi connectivity index (χ0n) is 12.7. The second-order valence-electron chi connectivity index (χ2n) is 5.94. The van der Waals surface area contributed by atoms with E-state index in [-0.39, 0.29) is 0 Å². The third-order valence-corrected chi connectivity index (χ3v) is 4.51. The lowest BCUT2D eigenvalue weighted by Crippen LogP contribution is -2.09. The predicted molar refractivity (Wildman–Crippen MR) is 84.8 cm³/mol. The maximum Gasteiger partial charge on any atom is 0.125 e. The largest absolute Gasteiger partial charge is 0.496 e. The van der Waals surface area contributed by atoms with E-state index >= 15 is 0 Å². The van der Waals surface area contributed by atoms with Crippen LogP contribution in [-0.2, 0) is 0 Å². The van der Waals surface area contributed by atoms with E-state index in [4.69, 9.17) is 4.74 Å². The van der Waals surface area contributed by atoms with Crippen molar-refractivity contribution in [2.45, 2.75) is 38.2 Å². The molecule has 1 aliphatic carbocycles. The normalized spacial score (nSPS) is 16.3. The highest BCUT2D eigenvalue weighted by Crippen LogP contribution is 2.37. The van der Waals surface area contributed by atoms with Crippen molar-refractivity contribution in [2.24, 2.45) is 0 Å². The molecule has 2 heteroatoms. The SMILES string of the molecule is COc1ccc(C)cc1C(O)c1ccc(C2CCC2)cc1. The summed E-state index contributed by atoms with van der Waals surface area (Å²) in [5, 5.41) is 10.6. The summed E-state index contributed by atoms with van der Waals surface area (Å²) in [6.45, 7) is 2.02. The molecule has 1 atom stereocenters. The number of methoxy groups -OCH3 is 1.